The number of hydrogen-bond donors (Lipinski definition) is 1. The summed E-state index contributed by atoms with van der Waals surface area (Å²) in [6.07, 6.45) is 1.49. The molecular weight excluding hydrogens is 270 g/mol. The minimum Gasteiger partial charge on any atom is -0.476 e. The summed E-state index contributed by atoms with van der Waals surface area (Å²) in [5.74, 6) is -0.693. The minimum atomic E-state index is -1.13. The van der Waals surface area contributed by atoms with Gasteiger partial charge >= 0.3 is 5.97 Å². The van der Waals surface area contributed by atoms with E-state index in [9.17, 15) is 9.90 Å². The summed E-state index contributed by atoms with van der Waals surface area (Å²) >= 11 is 0. The Kier molecular flexibility index (Phi) is 3.27. The highest BCUT2D eigenvalue weighted by Gasteiger charge is 2.22. The molecule has 0 saturated heterocycles. The maximum atomic E-state index is 11.3. The first-order valence-electron chi connectivity index (χ1n) is 6.41. The molecule has 0 radical (unpaired) electrons. The second-order valence-electron chi connectivity index (χ2n) is 4.71. The molecule has 106 valence electrons. The lowest BCUT2D eigenvalue weighted by Gasteiger charge is -2.05. The maximum Gasteiger partial charge on any atom is 0.358 e. The van der Waals surface area contributed by atoms with Gasteiger partial charge in [0.15, 0.2) is 5.76 Å². The van der Waals surface area contributed by atoms with Crippen LogP contribution in [0.15, 0.2) is 47.1 Å². The Bertz CT molecular complexity index is 758. The Hall–Kier alpha value is -2.89. The standard InChI is InChI=1S/C15H13N3O3/c1-10-4-6-11(7-5-10)9-18-14(12-3-2-8-21-12)13(15(19)20)16-17-18/h2-8H,9H2,1H3,(H,19,20). The second kappa shape index (κ2) is 5.24. The molecule has 2 aromatic heterocycles. The predicted octanol–water partition coefficient (Wildman–Crippen LogP) is 2.59. The second-order valence-corrected chi connectivity index (χ2v) is 4.71. The van der Waals surface area contributed by atoms with Crippen molar-refractivity contribution in [2.45, 2.75) is 13.5 Å². The number of nitrogens with zero attached hydrogens (tertiary/aromatic N) is 3. The number of benzene rings is 1. The Balaban J connectivity index is 2.03. The quantitative estimate of drug-likeness (QED) is 0.796. The van der Waals surface area contributed by atoms with Gasteiger partial charge in [0.05, 0.1) is 12.8 Å². The van der Waals surface area contributed by atoms with E-state index in [1.807, 2.05) is 31.2 Å². The molecular formula is C15H13N3O3. The van der Waals surface area contributed by atoms with Gasteiger partial charge in [0, 0.05) is 0 Å². The van der Waals surface area contributed by atoms with E-state index in [-0.39, 0.29) is 5.69 Å². The maximum absolute atomic E-state index is 11.3. The van der Waals surface area contributed by atoms with E-state index in [4.69, 9.17) is 4.42 Å². The third-order valence-corrected chi connectivity index (χ3v) is 3.15. The van der Waals surface area contributed by atoms with Crippen molar-refractivity contribution in [1.82, 2.24) is 15.0 Å². The molecule has 1 N–H and O–H groups in total. The zero-order valence-electron chi connectivity index (χ0n) is 11.4. The van der Waals surface area contributed by atoms with Crippen LogP contribution < -0.4 is 0 Å². The summed E-state index contributed by atoms with van der Waals surface area (Å²) in [6.45, 7) is 2.44. The Morgan fingerprint density at radius 3 is 2.67 bits per heavy atom. The summed E-state index contributed by atoms with van der Waals surface area (Å²) in [5.41, 5.74) is 2.43. The fraction of sp³-hybridized carbons (Fsp3) is 0.133. The summed E-state index contributed by atoms with van der Waals surface area (Å²) in [4.78, 5) is 11.3. The van der Waals surface area contributed by atoms with Crippen LogP contribution in [0.3, 0.4) is 0 Å². The molecule has 0 amide bonds. The monoisotopic (exact) mass is 283 g/mol. The first-order chi connectivity index (χ1) is 10.1. The zero-order chi connectivity index (χ0) is 14.8. The van der Waals surface area contributed by atoms with Crippen LogP contribution in [-0.2, 0) is 6.54 Å². The molecule has 2 heterocycles. The fourth-order valence-electron chi connectivity index (χ4n) is 2.09. The van der Waals surface area contributed by atoms with E-state index in [2.05, 4.69) is 10.3 Å². The molecule has 0 atom stereocenters. The average Bonchev–Trinajstić information content (AvgIpc) is 3.10. The Morgan fingerprint density at radius 1 is 1.29 bits per heavy atom. The summed E-state index contributed by atoms with van der Waals surface area (Å²) in [5, 5.41) is 16.9. The Morgan fingerprint density at radius 2 is 2.05 bits per heavy atom. The topological polar surface area (TPSA) is 81.2 Å². The van der Waals surface area contributed by atoms with Crippen LogP contribution in [0, 0.1) is 6.92 Å². The van der Waals surface area contributed by atoms with E-state index >= 15 is 0 Å². The smallest absolute Gasteiger partial charge is 0.358 e. The highest BCUT2D eigenvalue weighted by molar-refractivity contribution is 5.91. The van der Waals surface area contributed by atoms with Gasteiger partial charge in [0.2, 0.25) is 5.69 Å². The molecule has 6 heteroatoms. The van der Waals surface area contributed by atoms with Gasteiger partial charge in [-0.05, 0) is 24.6 Å². The van der Waals surface area contributed by atoms with E-state index in [0.29, 0.717) is 18.0 Å². The number of aryl methyl sites for hydroxylation is 1. The SMILES string of the molecule is Cc1ccc(Cn2nnc(C(=O)O)c2-c2ccco2)cc1. The highest BCUT2D eigenvalue weighted by atomic mass is 16.4. The van der Waals surface area contributed by atoms with E-state index in [1.165, 1.54) is 10.9 Å². The molecule has 0 saturated carbocycles. The first kappa shape index (κ1) is 13.1. The van der Waals surface area contributed by atoms with Crippen molar-refractivity contribution in [1.29, 1.82) is 0 Å². The number of carbonyl (C=O) groups is 1. The van der Waals surface area contributed by atoms with Crippen LogP contribution in [0.1, 0.15) is 21.6 Å². The van der Waals surface area contributed by atoms with E-state index < -0.39 is 5.97 Å². The molecule has 0 aliphatic rings. The molecule has 21 heavy (non-hydrogen) atoms. The van der Waals surface area contributed by atoms with Gasteiger partial charge in [-0.15, -0.1) is 5.10 Å². The highest BCUT2D eigenvalue weighted by Crippen LogP contribution is 2.23. The van der Waals surface area contributed by atoms with Crippen LogP contribution in [0.2, 0.25) is 0 Å². The van der Waals surface area contributed by atoms with Crippen molar-refractivity contribution in [3.63, 3.8) is 0 Å². The van der Waals surface area contributed by atoms with Crippen LogP contribution in [0.4, 0.5) is 0 Å². The molecule has 0 bridgehead atoms. The lowest BCUT2D eigenvalue weighted by atomic mass is 10.1. The molecule has 0 spiro atoms. The van der Waals surface area contributed by atoms with Gasteiger partial charge in [-0.1, -0.05) is 35.0 Å². The summed E-state index contributed by atoms with van der Waals surface area (Å²) in [7, 11) is 0. The lowest BCUT2D eigenvalue weighted by molar-refractivity contribution is 0.0691. The lowest BCUT2D eigenvalue weighted by Crippen LogP contribution is -2.05. The van der Waals surface area contributed by atoms with Crippen molar-refractivity contribution in [2.24, 2.45) is 0 Å². The molecule has 3 rings (SSSR count). The average molecular weight is 283 g/mol. The molecule has 0 aliphatic carbocycles. The molecule has 0 aliphatic heterocycles. The molecule has 6 nitrogen and oxygen atoms in total. The number of carboxylic acids is 1. The number of rotatable bonds is 4. The van der Waals surface area contributed by atoms with Crippen molar-refractivity contribution in [3.05, 3.63) is 59.5 Å². The predicted molar refractivity (Wildman–Crippen MR) is 75.0 cm³/mol. The van der Waals surface area contributed by atoms with Crippen LogP contribution in [0.5, 0.6) is 0 Å². The van der Waals surface area contributed by atoms with Crippen LogP contribution >= 0.6 is 0 Å². The van der Waals surface area contributed by atoms with Gasteiger partial charge in [0.25, 0.3) is 0 Å². The van der Waals surface area contributed by atoms with E-state index in [0.717, 1.165) is 11.1 Å². The number of aromatic carboxylic acids is 1. The van der Waals surface area contributed by atoms with Gasteiger partial charge in [-0.2, -0.15) is 0 Å². The van der Waals surface area contributed by atoms with Crippen molar-refractivity contribution < 1.29 is 14.3 Å². The first-order valence-corrected chi connectivity index (χ1v) is 6.41. The zero-order valence-corrected chi connectivity index (χ0v) is 11.4. The van der Waals surface area contributed by atoms with Gasteiger partial charge in [0.1, 0.15) is 5.69 Å². The van der Waals surface area contributed by atoms with Crippen molar-refractivity contribution in [2.75, 3.05) is 0 Å². The molecule has 1 aromatic carbocycles. The Labute approximate surface area is 120 Å². The van der Waals surface area contributed by atoms with Crippen molar-refractivity contribution >= 4 is 5.97 Å². The van der Waals surface area contributed by atoms with Gasteiger partial charge in [-0.3, -0.25) is 0 Å². The third-order valence-electron chi connectivity index (χ3n) is 3.15. The van der Waals surface area contributed by atoms with Crippen LogP contribution in [0.25, 0.3) is 11.5 Å². The summed E-state index contributed by atoms with van der Waals surface area (Å²) < 4.78 is 6.84. The van der Waals surface area contributed by atoms with Gasteiger partial charge in [-0.25, -0.2) is 9.48 Å². The number of hydrogen-bond acceptors (Lipinski definition) is 4. The molecule has 0 fully saturated rings. The molecule has 0 unspecified atom stereocenters. The largest absolute Gasteiger partial charge is 0.476 e. The third kappa shape index (κ3) is 2.55. The summed E-state index contributed by atoms with van der Waals surface area (Å²) in [6, 6.07) is 11.3. The van der Waals surface area contributed by atoms with Gasteiger partial charge < -0.3 is 9.52 Å². The number of aromatic nitrogens is 3. The number of carboxylic acid groups (broad SMARTS) is 1. The van der Waals surface area contributed by atoms with E-state index in [1.54, 1.807) is 12.1 Å². The fourth-order valence-corrected chi connectivity index (χ4v) is 2.09. The number of furan rings is 1. The van der Waals surface area contributed by atoms with Crippen LogP contribution in [-0.4, -0.2) is 26.1 Å². The normalized spacial score (nSPS) is 10.7. The minimum absolute atomic E-state index is 0.114. The van der Waals surface area contributed by atoms with Crippen molar-refractivity contribution in [3.8, 4) is 11.5 Å². The molecule has 3 aromatic rings.